The van der Waals surface area contributed by atoms with Gasteiger partial charge in [0.05, 0.1) is 12.7 Å². The highest BCUT2D eigenvalue weighted by atomic mass is 16.5. The summed E-state index contributed by atoms with van der Waals surface area (Å²) >= 11 is 0. The molecular weight excluding hydrogens is 190 g/mol. The molecule has 2 rings (SSSR count). The zero-order chi connectivity index (χ0) is 10.6. The van der Waals surface area contributed by atoms with Crippen LogP contribution in [-0.4, -0.2) is 38.0 Å². The lowest BCUT2D eigenvalue weighted by molar-refractivity contribution is -0.00679. The highest BCUT2D eigenvalue weighted by molar-refractivity contribution is 4.86. The van der Waals surface area contributed by atoms with Gasteiger partial charge in [0, 0.05) is 25.3 Å². The first-order valence-corrected chi connectivity index (χ1v) is 6.23. The number of hydrogen-bond donors (Lipinski definition) is 1. The summed E-state index contributed by atoms with van der Waals surface area (Å²) in [6.45, 7) is 5.96. The van der Waals surface area contributed by atoms with Gasteiger partial charge in [-0.25, -0.2) is 0 Å². The Kier molecular flexibility index (Phi) is 4.00. The number of rotatable bonds is 3. The molecule has 3 nitrogen and oxygen atoms in total. The van der Waals surface area contributed by atoms with Crippen LogP contribution in [0.25, 0.3) is 0 Å². The van der Waals surface area contributed by atoms with Crippen LogP contribution < -0.4 is 5.32 Å². The van der Waals surface area contributed by atoms with Gasteiger partial charge in [0.2, 0.25) is 0 Å². The predicted octanol–water partition coefficient (Wildman–Crippen LogP) is 1.71. The van der Waals surface area contributed by atoms with E-state index in [0.717, 1.165) is 26.4 Å². The summed E-state index contributed by atoms with van der Waals surface area (Å²) in [6.07, 6.45) is 6.59. The zero-order valence-corrected chi connectivity index (χ0v) is 9.76. The molecule has 0 saturated carbocycles. The molecule has 2 aliphatic heterocycles. The molecule has 0 aromatic rings. The minimum absolute atomic E-state index is 0.180. The summed E-state index contributed by atoms with van der Waals surface area (Å²) in [5, 5.41) is 3.62. The van der Waals surface area contributed by atoms with Crippen LogP contribution in [0.15, 0.2) is 0 Å². The molecular formula is C12H23NO2. The molecule has 0 bridgehead atoms. The van der Waals surface area contributed by atoms with Gasteiger partial charge in [0.1, 0.15) is 0 Å². The van der Waals surface area contributed by atoms with Crippen molar-refractivity contribution in [2.75, 3.05) is 26.4 Å². The summed E-state index contributed by atoms with van der Waals surface area (Å²) in [5.41, 5.74) is 0.180. The van der Waals surface area contributed by atoms with Crippen LogP contribution >= 0.6 is 0 Å². The Bertz CT molecular complexity index is 184. The fraction of sp³-hybridized carbons (Fsp3) is 1.00. The topological polar surface area (TPSA) is 30.5 Å². The van der Waals surface area contributed by atoms with E-state index < -0.39 is 0 Å². The third-order valence-electron chi connectivity index (χ3n) is 3.47. The fourth-order valence-electron chi connectivity index (χ4n) is 2.40. The van der Waals surface area contributed by atoms with Gasteiger partial charge in [0.25, 0.3) is 0 Å². The van der Waals surface area contributed by atoms with E-state index in [-0.39, 0.29) is 5.54 Å². The first-order chi connectivity index (χ1) is 7.29. The van der Waals surface area contributed by atoms with Gasteiger partial charge >= 0.3 is 0 Å². The van der Waals surface area contributed by atoms with Crippen molar-refractivity contribution in [1.82, 2.24) is 5.32 Å². The third-order valence-corrected chi connectivity index (χ3v) is 3.47. The van der Waals surface area contributed by atoms with Crippen LogP contribution in [0.4, 0.5) is 0 Å². The second kappa shape index (κ2) is 5.28. The minimum atomic E-state index is 0.180. The maximum absolute atomic E-state index is 5.71. The maximum Gasteiger partial charge on any atom is 0.0699 e. The number of hydrogen-bond acceptors (Lipinski definition) is 3. The first-order valence-electron chi connectivity index (χ1n) is 6.23. The van der Waals surface area contributed by atoms with Crippen molar-refractivity contribution in [3.8, 4) is 0 Å². The average molecular weight is 213 g/mol. The Labute approximate surface area is 92.5 Å². The monoisotopic (exact) mass is 213 g/mol. The van der Waals surface area contributed by atoms with E-state index >= 15 is 0 Å². The lowest BCUT2D eigenvalue weighted by Gasteiger charge is -2.36. The zero-order valence-electron chi connectivity index (χ0n) is 9.76. The van der Waals surface area contributed by atoms with Crippen molar-refractivity contribution < 1.29 is 9.47 Å². The van der Waals surface area contributed by atoms with Crippen molar-refractivity contribution in [1.29, 1.82) is 0 Å². The Morgan fingerprint density at radius 1 is 1.27 bits per heavy atom. The van der Waals surface area contributed by atoms with Crippen LogP contribution in [0.1, 0.15) is 39.0 Å². The van der Waals surface area contributed by atoms with Gasteiger partial charge in [-0.15, -0.1) is 0 Å². The molecule has 2 heterocycles. The Morgan fingerprint density at radius 3 is 2.87 bits per heavy atom. The molecule has 2 atom stereocenters. The second-order valence-electron chi connectivity index (χ2n) is 5.09. The highest BCUT2D eigenvalue weighted by Gasteiger charge is 2.28. The normalized spacial score (nSPS) is 37.8. The molecule has 88 valence electrons. The van der Waals surface area contributed by atoms with E-state index in [0.29, 0.717) is 6.10 Å². The average Bonchev–Trinajstić information content (AvgIpc) is 2.29. The van der Waals surface area contributed by atoms with Crippen molar-refractivity contribution in [3.05, 3.63) is 0 Å². The SMILES string of the molecule is CC1(NCC2CCCCO2)CCCOC1. The largest absolute Gasteiger partial charge is 0.380 e. The quantitative estimate of drug-likeness (QED) is 0.774. The first kappa shape index (κ1) is 11.4. The Balaban J connectivity index is 1.70. The molecule has 2 aliphatic rings. The van der Waals surface area contributed by atoms with Crippen molar-refractivity contribution in [3.63, 3.8) is 0 Å². The highest BCUT2D eigenvalue weighted by Crippen LogP contribution is 2.19. The summed E-state index contributed by atoms with van der Waals surface area (Å²) in [6, 6.07) is 0. The lowest BCUT2D eigenvalue weighted by atomic mass is 9.94. The van der Waals surface area contributed by atoms with Crippen LogP contribution in [0.3, 0.4) is 0 Å². The van der Waals surface area contributed by atoms with Gasteiger partial charge in [-0.1, -0.05) is 0 Å². The fourth-order valence-corrected chi connectivity index (χ4v) is 2.40. The van der Waals surface area contributed by atoms with Crippen molar-refractivity contribution in [2.24, 2.45) is 0 Å². The molecule has 0 radical (unpaired) electrons. The van der Waals surface area contributed by atoms with E-state index in [1.807, 2.05) is 0 Å². The molecule has 0 amide bonds. The van der Waals surface area contributed by atoms with Crippen LogP contribution in [-0.2, 0) is 9.47 Å². The molecule has 0 aliphatic carbocycles. The van der Waals surface area contributed by atoms with E-state index in [4.69, 9.17) is 9.47 Å². The smallest absolute Gasteiger partial charge is 0.0699 e. The Morgan fingerprint density at radius 2 is 2.20 bits per heavy atom. The van der Waals surface area contributed by atoms with E-state index in [1.165, 1.54) is 32.1 Å². The lowest BCUT2D eigenvalue weighted by Crippen LogP contribution is -2.51. The molecule has 15 heavy (non-hydrogen) atoms. The van der Waals surface area contributed by atoms with Crippen molar-refractivity contribution >= 4 is 0 Å². The Hall–Kier alpha value is -0.120. The van der Waals surface area contributed by atoms with Crippen LogP contribution in [0.5, 0.6) is 0 Å². The molecule has 2 saturated heterocycles. The number of nitrogens with one attached hydrogen (secondary N) is 1. The van der Waals surface area contributed by atoms with E-state index in [9.17, 15) is 0 Å². The van der Waals surface area contributed by atoms with Crippen molar-refractivity contribution in [2.45, 2.75) is 50.7 Å². The second-order valence-corrected chi connectivity index (χ2v) is 5.09. The number of ether oxygens (including phenoxy) is 2. The summed E-state index contributed by atoms with van der Waals surface area (Å²) in [4.78, 5) is 0. The van der Waals surface area contributed by atoms with Gasteiger partial charge in [-0.3, -0.25) is 0 Å². The van der Waals surface area contributed by atoms with Gasteiger partial charge in [0.15, 0.2) is 0 Å². The standard InChI is InChI=1S/C12H23NO2/c1-12(6-4-7-14-10-12)13-9-11-5-2-3-8-15-11/h11,13H,2-10H2,1H3. The molecule has 3 heteroatoms. The van der Waals surface area contributed by atoms with E-state index in [2.05, 4.69) is 12.2 Å². The summed E-state index contributed by atoms with van der Waals surface area (Å²) in [7, 11) is 0. The molecule has 2 fully saturated rings. The van der Waals surface area contributed by atoms with Crippen LogP contribution in [0, 0.1) is 0 Å². The molecule has 2 unspecified atom stereocenters. The molecule has 0 aromatic carbocycles. The van der Waals surface area contributed by atoms with Gasteiger partial charge < -0.3 is 14.8 Å². The molecule has 1 N–H and O–H groups in total. The maximum atomic E-state index is 5.71. The van der Waals surface area contributed by atoms with Gasteiger partial charge in [-0.2, -0.15) is 0 Å². The van der Waals surface area contributed by atoms with Gasteiger partial charge in [-0.05, 0) is 39.0 Å². The van der Waals surface area contributed by atoms with E-state index in [1.54, 1.807) is 0 Å². The molecule has 0 spiro atoms. The predicted molar refractivity (Wildman–Crippen MR) is 60.1 cm³/mol. The summed E-state index contributed by atoms with van der Waals surface area (Å²) < 4.78 is 11.2. The molecule has 0 aromatic heterocycles. The van der Waals surface area contributed by atoms with Crippen LogP contribution in [0.2, 0.25) is 0 Å². The third kappa shape index (κ3) is 3.44. The minimum Gasteiger partial charge on any atom is -0.380 e. The summed E-state index contributed by atoms with van der Waals surface area (Å²) in [5.74, 6) is 0.